The van der Waals surface area contributed by atoms with Crippen molar-refractivity contribution in [1.82, 2.24) is 0 Å². The van der Waals surface area contributed by atoms with E-state index in [4.69, 9.17) is 81.9 Å². The van der Waals surface area contributed by atoms with Crippen molar-refractivity contribution in [2.75, 3.05) is 19.8 Å². The van der Waals surface area contributed by atoms with Crippen molar-refractivity contribution in [2.45, 2.75) is 73.2 Å². The van der Waals surface area contributed by atoms with Gasteiger partial charge in [-0.15, -0.1) is 0 Å². The zero-order chi connectivity index (χ0) is 34.5. The second kappa shape index (κ2) is 28.2. The van der Waals surface area contributed by atoms with Gasteiger partial charge in [-0.2, -0.15) is 0 Å². The van der Waals surface area contributed by atoms with Gasteiger partial charge in [0.1, 0.15) is 73.2 Å². The second-order valence-electron chi connectivity index (χ2n) is 7.64. The van der Waals surface area contributed by atoms with Crippen molar-refractivity contribution < 1.29 is 126 Å². The predicted molar refractivity (Wildman–Crippen MR) is 120 cm³/mol. The number of nitriles is 1. The molecule has 0 aliphatic carbocycles. The summed E-state index contributed by atoms with van der Waals surface area (Å²) in [7, 11) is 0. The Hall–Kier alpha value is -1.31. The maximum Gasteiger partial charge on any atom is 2.00 e. The van der Waals surface area contributed by atoms with E-state index in [1.165, 1.54) is 21.7 Å². The Morgan fingerprint density at radius 2 is 0.651 bits per heavy atom. The smallest absolute Gasteiger partial charge is 0.547 e. The van der Waals surface area contributed by atoms with E-state index in [9.17, 15) is 29.7 Å². The predicted octanol–water partition coefficient (Wildman–Crippen LogP) is -14.8. The summed E-state index contributed by atoms with van der Waals surface area (Å²) in [6, 6.07) is 0. The fraction of sp³-hybridized carbons (Fsp3) is 0.789. The quantitative estimate of drug-likeness (QED) is 0.0705. The molecular weight excluding hydrogens is 668 g/mol. The number of hydrogen-bond acceptors (Lipinski definition) is 22. The molecule has 12 atom stereocenters. The number of carbonyl (C=O) groups excluding carboxylic acids is 3. The number of aliphatic hydroxyl groups is 15. The Labute approximate surface area is 267 Å². The standard InChI is InChI=1S/3C6H12O7.CN.Mg.Zn/c3*7-1-2(8)3(9)4(10)5(11)6(12)13;1-2;;/h3*2-5,7-11H,1H2,(H,12,13);;;/q;;;;+1;+2/p-3. The van der Waals surface area contributed by atoms with Crippen LogP contribution in [-0.4, -0.2) is 209 Å². The van der Waals surface area contributed by atoms with E-state index in [0.717, 1.165) is 0 Å². The summed E-state index contributed by atoms with van der Waals surface area (Å²) in [6.07, 6.45) is -24.2. The van der Waals surface area contributed by atoms with Crippen LogP contribution in [0.5, 0.6) is 0 Å². The Morgan fingerprint density at radius 1 is 0.512 bits per heavy atom. The van der Waals surface area contributed by atoms with Crippen molar-refractivity contribution in [3.63, 3.8) is 0 Å². The van der Waals surface area contributed by atoms with Crippen molar-refractivity contribution in [3.8, 4) is 4.20 Å². The molecule has 0 aromatic rings. The average molecular weight is 701 g/mol. The summed E-state index contributed by atoms with van der Waals surface area (Å²) in [5.41, 5.74) is 0. The Bertz CT molecular complexity index is 702. The van der Waals surface area contributed by atoms with Gasteiger partial charge < -0.3 is 106 Å². The number of carboxylic acids is 3. The number of nitrogens with zero attached hydrogens (tertiary/aromatic N) is 1. The SMILES string of the molecule is N#[C][Mg+].O=C([O-])C(O)C(O)C(O)C(O)CO.O=C([O-])C(O)C(O)C(O)C(O)CO.O=C([O-])C(O)C(O)C(O)C(O)CO.[Zn+2]. The van der Waals surface area contributed by atoms with Crippen molar-refractivity contribution in [2.24, 2.45) is 0 Å². The summed E-state index contributed by atoms with van der Waals surface area (Å²) in [4.78, 5) is 29.9. The summed E-state index contributed by atoms with van der Waals surface area (Å²) in [6.45, 7) is -2.59. The van der Waals surface area contributed by atoms with Gasteiger partial charge in [0, 0.05) is 0 Å². The first-order valence-electron chi connectivity index (χ1n) is 10.9. The monoisotopic (exact) mass is 699 g/mol. The van der Waals surface area contributed by atoms with Crippen molar-refractivity contribution in [3.05, 3.63) is 0 Å². The number of carboxylic acid groups (broad SMARTS) is 3. The van der Waals surface area contributed by atoms with E-state index in [-0.39, 0.29) is 19.5 Å². The van der Waals surface area contributed by atoms with E-state index < -0.39 is 111 Å². The second-order valence-corrected chi connectivity index (χ2v) is 7.96. The van der Waals surface area contributed by atoms with Crippen LogP contribution < -0.4 is 15.3 Å². The Kier molecular flexibility index (Phi) is 33.6. The molecule has 22 nitrogen and oxygen atoms in total. The fourth-order valence-electron chi connectivity index (χ4n) is 1.99. The summed E-state index contributed by atoms with van der Waals surface area (Å²) in [5.74, 6) is -5.93. The molecule has 15 N–H and O–H groups in total. The molecule has 0 aromatic heterocycles. The van der Waals surface area contributed by atoms with Crippen LogP contribution in [0.15, 0.2) is 0 Å². The zero-order valence-electron chi connectivity index (χ0n) is 22.1. The van der Waals surface area contributed by atoms with E-state index >= 15 is 0 Å². The van der Waals surface area contributed by atoms with Crippen LogP contribution in [-0.2, 0) is 33.9 Å². The Balaban J connectivity index is -0.000000158. The Morgan fingerprint density at radius 3 is 0.744 bits per heavy atom. The molecule has 0 saturated carbocycles. The minimum atomic E-state index is -2.31. The molecule has 0 spiro atoms. The van der Waals surface area contributed by atoms with Crippen molar-refractivity contribution in [1.29, 1.82) is 5.26 Å². The van der Waals surface area contributed by atoms with E-state index in [1.807, 2.05) is 0 Å². The number of rotatable bonds is 15. The van der Waals surface area contributed by atoms with Gasteiger partial charge in [-0.05, 0) is 0 Å². The van der Waals surface area contributed by atoms with Gasteiger partial charge in [-0.25, -0.2) is 0 Å². The first kappa shape index (κ1) is 51.3. The van der Waals surface area contributed by atoms with Crippen LogP contribution in [0.4, 0.5) is 0 Å². The number of hydrogen-bond donors (Lipinski definition) is 15. The zero-order valence-corrected chi connectivity index (χ0v) is 26.4. The van der Waals surface area contributed by atoms with Crippen LogP contribution in [0, 0.1) is 9.46 Å². The van der Waals surface area contributed by atoms with Crippen LogP contribution in [0.3, 0.4) is 0 Å². The third-order valence-electron chi connectivity index (χ3n) is 4.49. The average Bonchev–Trinajstić information content (AvgIpc) is 2.96. The molecule has 0 rings (SSSR count). The first-order valence-corrected chi connectivity index (χ1v) is 11.6. The normalized spacial score (nSPS) is 18.7. The van der Waals surface area contributed by atoms with Gasteiger partial charge in [0.15, 0.2) is 0 Å². The number of carbonyl (C=O) groups is 3. The third-order valence-corrected chi connectivity index (χ3v) is 4.49. The molecule has 12 unspecified atom stereocenters. The molecule has 0 fully saturated rings. The molecule has 0 amide bonds. The molecule has 0 saturated heterocycles. The van der Waals surface area contributed by atoms with Crippen LogP contribution in [0.1, 0.15) is 0 Å². The van der Waals surface area contributed by atoms with Gasteiger partial charge >= 0.3 is 50.6 Å². The maximum atomic E-state index is 9.98. The van der Waals surface area contributed by atoms with Gasteiger partial charge in [0.2, 0.25) is 0 Å². The molecule has 0 aliphatic rings. The molecule has 0 bridgehead atoms. The molecule has 0 heterocycles. The van der Waals surface area contributed by atoms with Crippen LogP contribution in [0.25, 0.3) is 0 Å². The molecule has 24 heteroatoms. The third kappa shape index (κ3) is 21.9. The van der Waals surface area contributed by atoms with E-state index in [0.29, 0.717) is 0 Å². The molecular formula is C19H33MgNO21Zn. The van der Waals surface area contributed by atoms with E-state index in [1.54, 1.807) is 4.20 Å². The fourth-order valence-corrected chi connectivity index (χ4v) is 1.99. The topological polar surface area (TPSA) is 448 Å². The van der Waals surface area contributed by atoms with Gasteiger partial charge in [0.05, 0.1) is 37.7 Å². The minimum absolute atomic E-state index is 0. The largest absolute Gasteiger partial charge is 2.00 e. The van der Waals surface area contributed by atoms with Crippen LogP contribution >= 0.6 is 0 Å². The number of aliphatic carboxylic acids is 3. The molecule has 0 aliphatic heterocycles. The molecule has 244 valence electrons. The first-order chi connectivity index (χ1) is 19.2. The summed E-state index contributed by atoms with van der Waals surface area (Å²) >= 11 is 1.28. The van der Waals surface area contributed by atoms with Gasteiger partial charge in [-0.3, -0.25) is 0 Å². The van der Waals surface area contributed by atoms with Gasteiger partial charge in [-0.1, -0.05) is 0 Å². The van der Waals surface area contributed by atoms with Crippen LogP contribution in [0.2, 0.25) is 0 Å². The summed E-state index contributed by atoms with van der Waals surface area (Å²) in [5, 5.41) is 168. The minimum Gasteiger partial charge on any atom is -0.547 e. The van der Waals surface area contributed by atoms with E-state index in [2.05, 4.69) is 0 Å². The molecule has 0 aromatic carbocycles. The molecule has 0 radical (unpaired) electrons. The van der Waals surface area contributed by atoms with Crippen molar-refractivity contribution >= 4 is 39.6 Å². The maximum absolute atomic E-state index is 9.98. The van der Waals surface area contributed by atoms with Gasteiger partial charge in [0.25, 0.3) is 0 Å². The number of aliphatic hydroxyl groups excluding tert-OH is 15. The molecule has 43 heavy (non-hydrogen) atoms. The summed E-state index contributed by atoms with van der Waals surface area (Å²) < 4.78 is 1.78.